The Labute approximate surface area is 105 Å². The van der Waals surface area contributed by atoms with Crippen molar-refractivity contribution in [1.82, 2.24) is 0 Å². The summed E-state index contributed by atoms with van der Waals surface area (Å²) in [4.78, 5) is 0. The van der Waals surface area contributed by atoms with Crippen LogP contribution in [0.1, 0.15) is 26.3 Å². The highest BCUT2D eigenvalue weighted by molar-refractivity contribution is 9.10. The molecule has 1 aliphatic heterocycles. The van der Waals surface area contributed by atoms with E-state index in [1.165, 1.54) is 0 Å². The van der Waals surface area contributed by atoms with Crippen LogP contribution in [0.25, 0.3) is 0 Å². The van der Waals surface area contributed by atoms with Crippen molar-refractivity contribution in [2.24, 2.45) is 5.41 Å². The summed E-state index contributed by atoms with van der Waals surface area (Å²) >= 11 is 3.42. The van der Waals surface area contributed by atoms with Gasteiger partial charge in [-0.05, 0) is 19.1 Å². The molecule has 0 aromatic heterocycles. The molecule has 0 spiro atoms. The van der Waals surface area contributed by atoms with Gasteiger partial charge in [0.1, 0.15) is 0 Å². The molecule has 1 fully saturated rings. The van der Waals surface area contributed by atoms with Gasteiger partial charge in [-0.15, -0.1) is 0 Å². The van der Waals surface area contributed by atoms with Gasteiger partial charge in [-0.3, -0.25) is 0 Å². The highest BCUT2D eigenvalue weighted by atomic mass is 79.9. The summed E-state index contributed by atoms with van der Waals surface area (Å²) in [5.74, 6) is -0.601. The van der Waals surface area contributed by atoms with Crippen LogP contribution >= 0.6 is 15.9 Å². The van der Waals surface area contributed by atoms with Crippen LogP contribution in [-0.4, -0.2) is 13.2 Å². The van der Waals surface area contributed by atoms with Gasteiger partial charge in [0.2, 0.25) is 0 Å². The van der Waals surface area contributed by atoms with E-state index in [1.807, 2.05) is 31.2 Å². The Balaban J connectivity index is 2.18. The third-order valence-corrected chi connectivity index (χ3v) is 3.37. The van der Waals surface area contributed by atoms with Gasteiger partial charge in [0.25, 0.3) is 0 Å². The van der Waals surface area contributed by atoms with Gasteiger partial charge in [0.05, 0.1) is 13.2 Å². The van der Waals surface area contributed by atoms with Crippen molar-refractivity contribution in [3.05, 3.63) is 34.3 Å². The summed E-state index contributed by atoms with van der Waals surface area (Å²) in [5, 5.41) is 0. The maximum Gasteiger partial charge on any atom is 0.191 e. The molecule has 0 bridgehead atoms. The van der Waals surface area contributed by atoms with Crippen molar-refractivity contribution in [1.29, 1.82) is 0 Å². The number of hydrogen-bond acceptors (Lipinski definition) is 2. The average molecular weight is 285 g/mol. The van der Waals surface area contributed by atoms with Crippen molar-refractivity contribution >= 4 is 15.9 Å². The third-order valence-electron chi connectivity index (χ3n) is 2.85. The van der Waals surface area contributed by atoms with E-state index in [-0.39, 0.29) is 5.41 Å². The maximum atomic E-state index is 5.87. The Morgan fingerprint density at radius 3 is 2.00 bits per heavy atom. The molecule has 16 heavy (non-hydrogen) atoms. The fraction of sp³-hybridized carbons (Fsp3) is 0.538. The van der Waals surface area contributed by atoms with Gasteiger partial charge >= 0.3 is 0 Å². The van der Waals surface area contributed by atoms with Crippen molar-refractivity contribution in [2.75, 3.05) is 13.2 Å². The first-order valence-corrected chi connectivity index (χ1v) is 6.25. The molecule has 88 valence electrons. The fourth-order valence-corrected chi connectivity index (χ4v) is 1.93. The standard InChI is InChI=1S/C13H17BrO2/c1-12(2)8-15-13(3,16-9-12)10-4-6-11(14)7-5-10/h4-7H,8-9H2,1-3H3. The molecule has 0 radical (unpaired) electrons. The van der Waals surface area contributed by atoms with E-state index >= 15 is 0 Å². The number of hydrogen-bond donors (Lipinski definition) is 0. The summed E-state index contributed by atoms with van der Waals surface area (Å²) in [7, 11) is 0. The summed E-state index contributed by atoms with van der Waals surface area (Å²) in [6, 6.07) is 8.07. The lowest BCUT2D eigenvalue weighted by Gasteiger charge is -2.41. The van der Waals surface area contributed by atoms with Crippen LogP contribution < -0.4 is 0 Å². The van der Waals surface area contributed by atoms with E-state index < -0.39 is 5.79 Å². The van der Waals surface area contributed by atoms with Gasteiger partial charge in [0, 0.05) is 15.5 Å². The molecule has 1 aromatic carbocycles. The second-order valence-electron chi connectivity index (χ2n) is 5.19. The molecule has 1 heterocycles. The quantitative estimate of drug-likeness (QED) is 0.783. The molecule has 1 aromatic rings. The molecule has 2 rings (SSSR count). The largest absolute Gasteiger partial charge is 0.345 e. The Morgan fingerprint density at radius 1 is 1.00 bits per heavy atom. The SMILES string of the molecule is CC1(C)COC(C)(c2ccc(Br)cc2)OC1. The minimum absolute atomic E-state index is 0.106. The van der Waals surface area contributed by atoms with E-state index in [0.717, 1.165) is 23.2 Å². The fourth-order valence-electron chi connectivity index (χ4n) is 1.67. The first-order valence-electron chi connectivity index (χ1n) is 5.45. The summed E-state index contributed by atoms with van der Waals surface area (Å²) < 4.78 is 12.8. The molecule has 1 aliphatic rings. The first kappa shape index (κ1) is 12.1. The van der Waals surface area contributed by atoms with E-state index in [9.17, 15) is 0 Å². The Bertz CT molecular complexity index is 360. The van der Waals surface area contributed by atoms with Crippen molar-refractivity contribution in [3.63, 3.8) is 0 Å². The Kier molecular flexibility index (Phi) is 3.12. The lowest BCUT2D eigenvalue weighted by molar-refractivity contribution is -0.298. The highest BCUT2D eigenvalue weighted by Gasteiger charge is 2.38. The van der Waals surface area contributed by atoms with E-state index in [4.69, 9.17) is 9.47 Å². The zero-order chi connectivity index (χ0) is 11.8. The zero-order valence-electron chi connectivity index (χ0n) is 9.92. The summed E-state index contributed by atoms with van der Waals surface area (Å²) in [6.45, 7) is 7.72. The monoisotopic (exact) mass is 284 g/mol. The van der Waals surface area contributed by atoms with Crippen LogP contribution in [0.15, 0.2) is 28.7 Å². The molecule has 0 unspecified atom stereocenters. The summed E-state index contributed by atoms with van der Waals surface area (Å²) in [5.41, 5.74) is 1.17. The van der Waals surface area contributed by atoms with E-state index in [0.29, 0.717) is 0 Å². The lowest BCUT2D eigenvalue weighted by Crippen LogP contribution is -2.43. The molecule has 0 atom stereocenters. The Morgan fingerprint density at radius 2 is 1.50 bits per heavy atom. The lowest BCUT2D eigenvalue weighted by atomic mass is 9.94. The molecule has 0 amide bonds. The second-order valence-corrected chi connectivity index (χ2v) is 6.11. The van der Waals surface area contributed by atoms with Crippen molar-refractivity contribution in [3.8, 4) is 0 Å². The van der Waals surface area contributed by atoms with Crippen LogP contribution in [0.2, 0.25) is 0 Å². The van der Waals surface area contributed by atoms with Crippen LogP contribution in [0.5, 0.6) is 0 Å². The molecule has 0 saturated carbocycles. The minimum Gasteiger partial charge on any atom is -0.345 e. The van der Waals surface area contributed by atoms with Gasteiger partial charge in [-0.1, -0.05) is 41.9 Å². The van der Waals surface area contributed by atoms with Gasteiger partial charge in [0.15, 0.2) is 5.79 Å². The van der Waals surface area contributed by atoms with Gasteiger partial charge in [-0.25, -0.2) is 0 Å². The normalized spacial score (nSPS) is 23.0. The maximum absolute atomic E-state index is 5.87. The van der Waals surface area contributed by atoms with Crippen LogP contribution in [0.3, 0.4) is 0 Å². The predicted molar refractivity (Wildman–Crippen MR) is 67.2 cm³/mol. The van der Waals surface area contributed by atoms with Crippen LogP contribution in [0, 0.1) is 5.41 Å². The first-order chi connectivity index (χ1) is 7.41. The van der Waals surface area contributed by atoms with Crippen molar-refractivity contribution < 1.29 is 9.47 Å². The van der Waals surface area contributed by atoms with Crippen LogP contribution in [0.4, 0.5) is 0 Å². The molecule has 0 aliphatic carbocycles. The number of rotatable bonds is 1. The molecular weight excluding hydrogens is 268 g/mol. The Hall–Kier alpha value is -0.380. The number of benzene rings is 1. The third kappa shape index (κ3) is 2.47. The molecule has 2 nitrogen and oxygen atoms in total. The van der Waals surface area contributed by atoms with Crippen LogP contribution in [-0.2, 0) is 15.3 Å². The summed E-state index contributed by atoms with van der Waals surface area (Å²) in [6.07, 6.45) is 0. The smallest absolute Gasteiger partial charge is 0.191 e. The van der Waals surface area contributed by atoms with E-state index in [2.05, 4.69) is 29.8 Å². The molecule has 0 N–H and O–H groups in total. The predicted octanol–water partition coefficient (Wildman–Crippen LogP) is 3.69. The van der Waals surface area contributed by atoms with Gasteiger partial charge in [-0.2, -0.15) is 0 Å². The molecule has 3 heteroatoms. The molecular formula is C13H17BrO2. The second kappa shape index (κ2) is 4.13. The molecule has 1 saturated heterocycles. The van der Waals surface area contributed by atoms with E-state index in [1.54, 1.807) is 0 Å². The van der Waals surface area contributed by atoms with Gasteiger partial charge < -0.3 is 9.47 Å². The topological polar surface area (TPSA) is 18.5 Å². The highest BCUT2D eigenvalue weighted by Crippen LogP contribution is 2.36. The minimum atomic E-state index is -0.601. The average Bonchev–Trinajstić information content (AvgIpc) is 2.24. The number of halogens is 1. The van der Waals surface area contributed by atoms with Crippen molar-refractivity contribution in [2.45, 2.75) is 26.6 Å². The zero-order valence-corrected chi connectivity index (χ0v) is 11.5. The number of ether oxygens (including phenoxy) is 2.